The Morgan fingerprint density at radius 3 is 2.50 bits per heavy atom. The van der Waals surface area contributed by atoms with Crippen molar-refractivity contribution in [3.8, 4) is 0 Å². The van der Waals surface area contributed by atoms with Gasteiger partial charge in [-0.1, -0.05) is 25.9 Å². The first-order valence-corrected chi connectivity index (χ1v) is 6.63. The summed E-state index contributed by atoms with van der Waals surface area (Å²) in [5.74, 6) is -0.966. The molecule has 1 unspecified atom stereocenters. The third-order valence-corrected chi connectivity index (χ3v) is 3.42. The second-order valence-electron chi connectivity index (χ2n) is 5.17. The van der Waals surface area contributed by atoms with E-state index in [2.05, 4.69) is 10.1 Å². The summed E-state index contributed by atoms with van der Waals surface area (Å²) in [4.78, 5) is 28.4. The van der Waals surface area contributed by atoms with Crippen LogP contribution in [-0.2, 0) is 14.3 Å². The number of amidine groups is 1. The highest BCUT2D eigenvalue weighted by atomic mass is 32.2. The van der Waals surface area contributed by atoms with Gasteiger partial charge in [0.05, 0.1) is 0 Å². The fraction of sp³-hybridized carbons (Fsp3) is 0.636. The Hall–Kier alpha value is -1.61. The Kier molecular flexibility index (Phi) is 5.12. The van der Waals surface area contributed by atoms with E-state index in [1.165, 1.54) is 12.0 Å². The van der Waals surface area contributed by atoms with Gasteiger partial charge in [0, 0.05) is 12.5 Å². The number of nitrogens with two attached hydrogens (primary N) is 1. The van der Waals surface area contributed by atoms with Crippen LogP contribution in [0.3, 0.4) is 0 Å². The largest absolute Gasteiger partial charge is 0.410 e. The first-order valence-electron chi connectivity index (χ1n) is 5.81. The van der Waals surface area contributed by atoms with E-state index in [0.717, 1.165) is 11.8 Å². The Balaban J connectivity index is 3.13. The van der Waals surface area contributed by atoms with E-state index in [9.17, 15) is 9.59 Å². The number of methoxy groups -OCH3 is 1. The summed E-state index contributed by atoms with van der Waals surface area (Å²) in [6.07, 6.45) is -0.788. The zero-order valence-electron chi connectivity index (χ0n) is 11.8. The van der Waals surface area contributed by atoms with Crippen LogP contribution < -0.4 is 5.73 Å². The number of oxime groups is 1. The van der Waals surface area contributed by atoms with Crippen LogP contribution in [0.25, 0.3) is 0 Å². The molecule has 0 saturated carbocycles. The van der Waals surface area contributed by atoms with E-state index in [1.807, 2.05) is 0 Å². The standard InChI is InChI=1S/C11H18N4O4S/c1-11(2,3)9(17)13-10-15(5-6(12)16)8(19-4)7(14-18)20-10/h8,18H,5H2,1-4H3,(H2,12,16). The van der Waals surface area contributed by atoms with Gasteiger partial charge < -0.3 is 20.6 Å². The predicted molar refractivity (Wildman–Crippen MR) is 75.4 cm³/mol. The zero-order chi connectivity index (χ0) is 15.5. The number of primary amides is 1. The van der Waals surface area contributed by atoms with E-state index < -0.39 is 17.6 Å². The fourth-order valence-corrected chi connectivity index (χ4v) is 2.35. The van der Waals surface area contributed by atoms with Crippen LogP contribution in [0.5, 0.6) is 0 Å². The number of ether oxygens (including phenoxy) is 1. The summed E-state index contributed by atoms with van der Waals surface area (Å²) < 4.78 is 5.14. The molecule has 20 heavy (non-hydrogen) atoms. The van der Waals surface area contributed by atoms with Crippen LogP contribution in [0.15, 0.2) is 10.1 Å². The van der Waals surface area contributed by atoms with Crippen LogP contribution >= 0.6 is 11.8 Å². The summed E-state index contributed by atoms with van der Waals surface area (Å²) in [6.45, 7) is 4.99. The predicted octanol–water partition coefficient (Wildman–Crippen LogP) is 0.209. The number of hydrogen-bond acceptors (Lipinski definition) is 6. The molecule has 1 saturated heterocycles. The van der Waals surface area contributed by atoms with Crippen molar-refractivity contribution < 1.29 is 19.5 Å². The average Bonchev–Trinajstić information content (AvgIpc) is 2.64. The molecular weight excluding hydrogens is 284 g/mol. The zero-order valence-corrected chi connectivity index (χ0v) is 12.6. The Bertz CT molecular complexity index is 470. The number of nitrogens with zero attached hydrogens (tertiary/aromatic N) is 3. The number of amides is 2. The molecule has 0 aromatic rings. The van der Waals surface area contributed by atoms with E-state index in [0.29, 0.717) is 0 Å². The van der Waals surface area contributed by atoms with Crippen molar-refractivity contribution in [2.45, 2.75) is 27.0 Å². The van der Waals surface area contributed by atoms with E-state index in [1.54, 1.807) is 20.8 Å². The van der Waals surface area contributed by atoms with Crippen molar-refractivity contribution in [1.29, 1.82) is 0 Å². The van der Waals surface area contributed by atoms with Crippen molar-refractivity contribution >= 4 is 33.8 Å². The minimum Gasteiger partial charge on any atom is -0.410 e. The number of aliphatic imine (C=N–C) groups is 1. The summed E-state index contributed by atoms with van der Waals surface area (Å²) in [5.41, 5.74) is 4.51. The molecule has 1 heterocycles. The lowest BCUT2D eigenvalue weighted by Crippen LogP contribution is -2.43. The van der Waals surface area contributed by atoms with Crippen molar-refractivity contribution in [3.63, 3.8) is 0 Å². The molecule has 3 N–H and O–H groups in total. The van der Waals surface area contributed by atoms with E-state index in [4.69, 9.17) is 15.7 Å². The lowest BCUT2D eigenvalue weighted by Gasteiger charge is -2.22. The first kappa shape index (κ1) is 16.4. The third-order valence-electron chi connectivity index (χ3n) is 2.42. The highest BCUT2D eigenvalue weighted by Crippen LogP contribution is 2.28. The van der Waals surface area contributed by atoms with Gasteiger partial charge >= 0.3 is 0 Å². The number of thioether (sulfide) groups is 1. The van der Waals surface area contributed by atoms with E-state index >= 15 is 0 Å². The Morgan fingerprint density at radius 1 is 1.50 bits per heavy atom. The smallest absolute Gasteiger partial charge is 0.253 e. The second kappa shape index (κ2) is 6.23. The van der Waals surface area contributed by atoms with Gasteiger partial charge in [0.25, 0.3) is 5.91 Å². The van der Waals surface area contributed by atoms with Crippen molar-refractivity contribution in [1.82, 2.24) is 4.90 Å². The van der Waals surface area contributed by atoms with Crippen LogP contribution in [0.2, 0.25) is 0 Å². The van der Waals surface area contributed by atoms with Crippen LogP contribution in [-0.4, -0.2) is 52.0 Å². The van der Waals surface area contributed by atoms with Gasteiger partial charge in [-0.25, -0.2) is 0 Å². The van der Waals surface area contributed by atoms with Gasteiger partial charge in [-0.2, -0.15) is 4.99 Å². The Labute approximate surface area is 121 Å². The Morgan fingerprint density at radius 2 is 2.10 bits per heavy atom. The van der Waals surface area contributed by atoms with Crippen molar-refractivity contribution in [2.24, 2.45) is 21.3 Å². The normalized spacial score (nSPS) is 23.6. The van der Waals surface area contributed by atoms with Crippen molar-refractivity contribution in [2.75, 3.05) is 13.7 Å². The molecule has 0 bridgehead atoms. The lowest BCUT2D eigenvalue weighted by atomic mass is 9.96. The molecule has 0 aliphatic carbocycles. The molecule has 8 nitrogen and oxygen atoms in total. The lowest BCUT2D eigenvalue weighted by molar-refractivity contribution is -0.125. The third kappa shape index (κ3) is 3.70. The summed E-state index contributed by atoms with van der Waals surface area (Å²) in [7, 11) is 1.39. The molecule has 1 aliphatic rings. The number of carbonyl (C=O) groups is 2. The van der Waals surface area contributed by atoms with Gasteiger partial charge in [0.1, 0.15) is 6.54 Å². The molecule has 112 valence electrons. The maximum absolute atomic E-state index is 12.0. The van der Waals surface area contributed by atoms with Gasteiger partial charge in [-0.05, 0) is 11.8 Å². The average molecular weight is 302 g/mol. The maximum atomic E-state index is 12.0. The molecule has 1 fully saturated rings. The molecule has 0 aromatic carbocycles. The highest BCUT2D eigenvalue weighted by molar-refractivity contribution is 8.27. The van der Waals surface area contributed by atoms with Crippen LogP contribution in [0.4, 0.5) is 0 Å². The van der Waals surface area contributed by atoms with Gasteiger partial charge in [0.2, 0.25) is 5.91 Å². The quantitative estimate of drug-likeness (QED) is 0.568. The molecule has 9 heteroatoms. The molecule has 0 radical (unpaired) electrons. The van der Waals surface area contributed by atoms with Gasteiger partial charge in [0.15, 0.2) is 16.4 Å². The van der Waals surface area contributed by atoms with E-state index in [-0.39, 0.29) is 22.7 Å². The SMILES string of the molecule is COC1C(=NO)SC(=NC(=O)C(C)(C)C)N1CC(N)=O. The van der Waals surface area contributed by atoms with Gasteiger partial charge in [-0.3, -0.25) is 9.59 Å². The highest BCUT2D eigenvalue weighted by Gasteiger charge is 2.39. The molecule has 0 spiro atoms. The summed E-state index contributed by atoms with van der Waals surface area (Å²) in [5, 5.41) is 12.4. The maximum Gasteiger partial charge on any atom is 0.253 e. The summed E-state index contributed by atoms with van der Waals surface area (Å²) >= 11 is 0.960. The summed E-state index contributed by atoms with van der Waals surface area (Å²) in [6, 6.07) is 0. The molecular formula is C11H18N4O4S. The molecule has 1 rings (SSSR count). The molecule has 2 amide bonds. The minimum atomic E-state index is -0.788. The first-order chi connectivity index (χ1) is 9.20. The minimum absolute atomic E-state index is 0.189. The van der Waals surface area contributed by atoms with Crippen molar-refractivity contribution in [3.05, 3.63) is 0 Å². The van der Waals surface area contributed by atoms with Crippen LogP contribution in [0.1, 0.15) is 20.8 Å². The molecule has 1 aliphatic heterocycles. The number of carbonyl (C=O) groups excluding carboxylic acids is 2. The fourth-order valence-electron chi connectivity index (χ4n) is 1.39. The number of hydrogen-bond donors (Lipinski definition) is 2. The molecule has 1 atom stereocenters. The molecule has 0 aromatic heterocycles. The van der Waals surface area contributed by atoms with Crippen LogP contribution in [0, 0.1) is 5.41 Å². The topological polar surface area (TPSA) is 118 Å². The van der Waals surface area contributed by atoms with Gasteiger partial charge in [-0.15, -0.1) is 0 Å². The second-order valence-corrected chi connectivity index (χ2v) is 6.16. The number of rotatable bonds is 3. The monoisotopic (exact) mass is 302 g/mol.